The highest BCUT2D eigenvalue weighted by atomic mass is 14.4. The molecule has 0 heterocycles. The second kappa shape index (κ2) is 13.6. The molecule has 0 N–H and O–H groups in total. The Morgan fingerprint density at radius 1 is 0.238 bits per heavy atom. The van der Waals surface area contributed by atoms with Crippen LogP contribution in [0.2, 0.25) is 0 Å². The van der Waals surface area contributed by atoms with Gasteiger partial charge >= 0.3 is 0 Å². The monoisotopic (exact) mass is 798 g/mol. The minimum Gasteiger partial charge on any atom is -0.0616 e. The van der Waals surface area contributed by atoms with Gasteiger partial charge in [-0.25, -0.2) is 0 Å². The van der Waals surface area contributed by atoms with Gasteiger partial charge in [0.05, 0.1) is 0 Å². The lowest BCUT2D eigenvalue weighted by Gasteiger charge is -2.26. The molecule has 0 saturated heterocycles. The second-order valence-corrected chi connectivity index (χ2v) is 17.9. The molecule has 0 unspecified atom stereocenters. The normalized spacial score (nSPS) is 13.0. The van der Waals surface area contributed by atoms with Gasteiger partial charge < -0.3 is 0 Å². The Labute approximate surface area is 367 Å². The largest absolute Gasteiger partial charge is 0.0616 e. The summed E-state index contributed by atoms with van der Waals surface area (Å²) in [5.41, 5.74) is 15.4. The average molecular weight is 799 g/mol. The summed E-state index contributed by atoms with van der Waals surface area (Å²) < 4.78 is 0. The Morgan fingerprint density at radius 3 is 1.30 bits per heavy atom. The van der Waals surface area contributed by atoms with Crippen LogP contribution in [0.4, 0.5) is 0 Å². The van der Waals surface area contributed by atoms with Crippen LogP contribution in [0.3, 0.4) is 0 Å². The van der Waals surface area contributed by atoms with E-state index in [2.05, 4.69) is 232 Å². The molecule has 0 aliphatic heterocycles. The van der Waals surface area contributed by atoms with E-state index in [1.54, 1.807) is 0 Å². The fourth-order valence-electron chi connectivity index (χ4n) is 11.6. The molecule has 1 aliphatic rings. The first-order valence-electron chi connectivity index (χ1n) is 22.2. The number of benzene rings is 12. The zero-order valence-corrected chi connectivity index (χ0v) is 35.3. The molecule has 0 atom stereocenters. The quantitative estimate of drug-likeness (QED) is 0.123. The Bertz CT molecular complexity index is 3810. The van der Waals surface area contributed by atoms with Gasteiger partial charge in [0.25, 0.3) is 0 Å². The second-order valence-electron chi connectivity index (χ2n) is 17.9. The molecule has 0 heteroatoms. The van der Waals surface area contributed by atoms with Gasteiger partial charge in [0.15, 0.2) is 0 Å². The van der Waals surface area contributed by atoms with Crippen LogP contribution in [0, 0.1) is 0 Å². The first-order chi connectivity index (χ1) is 31.0. The molecule has 1 aliphatic carbocycles. The van der Waals surface area contributed by atoms with Gasteiger partial charge in [-0.05, 0) is 144 Å². The number of hydrogen-bond acceptors (Lipinski definition) is 0. The van der Waals surface area contributed by atoms with Crippen LogP contribution < -0.4 is 0 Å². The maximum atomic E-state index is 2.45. The maximum Gasteiger partial charge on any atom is 0.0171 e. The molecule has 0 fully saturated rings. The van der Waals surface area contributed by atoms with E-state index in [0.29, 0.717) is 0 Å². The van der Waals surface area contributed by atoms with Crippen LogP contribution in [0.25, 0.3) is 120 Å². The van der Waals surface area contributed by atoms with Crippen LogP contribution in [-0.4, -0.2) is 0 Å². The van der Waals surface area contributed by atoms with Gasteiger partial charge in [-0.1, -0.05) is 220 Å². The summed E-state index contributed by atoms with van der Waals surface area (Å²) in [4.78, 5) is 0. The van der Waals surface area contributed by atoms with Gasteiger partial charge in [0.2, 0.25) is 0 Å². The highest BCUT2D eigenvalue weighted by molar-refractivity contribution is 6.22. The van der Waals surface area contributed by atoms with Crippen LogP contribution in [0.15, 0.2) is 218 Å². The van der Waals surface area contributed by atoms with Gasteiger partial charge in [-0.3, -0.25) is 0 Å². The summed E-state index contributed by atoms with van der Waals surface area (Å²) >= 11 is 0. The minimum atomic E-state index is -0.209. The zero-order chi connectivity index (χ0) is 41.8. The summed E-state index contributed by atoms with van der Waals surface area (Å²) in [5.74, 6) is 0. The predicted octanol–water partition coefficient (Wildman–Crippen LogP) is 17.6. The SMILES string of the molecule is CC1(C)c2c(-c3cccc(-c4c5ccccc5c(-c5ccc(-c6cc7ccccc7c7ccccc67)cc5)c5ccccc45)c3)cccc2-c2c1c1ccccc1c1ccccc21. The van der Waals surface area contributed by atoms with Crippen LogP contribution in [0.1, 0.15) is 25.0 Å². The third-order valence-corrected chi connectivity index (χ3v) is 14.2. The van der Waals surface area contributed by atoms with Crippen molar-refractivity contribution >= 4 is 64.6 Å². The van der Waals surface area contributed by atoms with E-state index in [-0.39, 0.29) is 5.41 Å². The molecule has 0 amide bonds. The Hall–Kier alpha value is -7.80. The minimum absolute atomic E-state index is 0.209. The van der Waals surface area contributed by atoms with Crippen molar-refractivity contribution in [2.24, 2.45) is 0 Å². The topological polar surface area (TPSA) is 0 Å². The van der Waals surface area contributed by atoms with E-state index in [1.165, 1.54) is 131 Å². The fourth-order valence-corrected chi connectivity index (χ4v) is 11.6. The van der Waals surface area contributed by atoms with E-state index >= 15 is 0 Å². The Balaban J connectivity index is 0.975. The van der Waals surface area contributed by atoms with Crippen molar-refractivity contribution in [3.8, 4) is 55.6 Å². The standard InChI is InChI=1S/C63H42/c1-63(2)61-45(31-16-32-56(61)60-50-25-9-7-22-47(50)48-23-8-14-30-55(48)62(60)63)41-18-15-19-43(37-41)59-53-28-12-10-26-51(53)58(52-27-11-13-29-54(52)59)40-35-33-39(34-36-40)57-38-42-17-3-4-20-44(42)46-21-5-6-24-49(46)57/h3-38H,1-2H3. The van der Waals surface area contributed by atoms with E-state index < -0.39 is 0 Å². The fraction of sp³-hybridized carbons (Fsp3) is 0.0476. The van der Waals surface area contributed by atoms with Gasteiger partial charge in [0, 0.05) is 5.41 Å². The molecule has 12 aromatic carbocycles. The van der Waals surface area contributed by atoms with E-state index in [4.69, 9.17) is 0 Å². The molecule has 63 heavy (non-hydrogen) atoms. The number of hydrogen-bond donors (Lipinski definition) is 0. The molecule has 0 saturated carbocycles. The maximum absolute atomic E-state index is 2.45. The van der Waals surface area contributed by atoms with Gasteiger partial charge in [-0.15, -0.1) is 0 Å². The van der Waals surface area contributed by atoms with E-state index in [9.17, 15) is 0 Å². The third-order valence-electron chi connectivity index (χ3n) is 14.2. The number of fused-ring (bicyclic) bond motifs is 13. The predicted molar refractivity (Wildman–Crippen MR) is 271 cm³/mol. The Morgan fingerprint density at radius 2 is 0.667 bits per heavy atom. The molecular weight excluding hydrogens is 757 g/mol. The van der Waals surface area contributed by atoms with Crippen molar-refractivity contribution < 1.29 is 0 Å². The van der Waals surface area contributed by atoms with Gasteiger partial charge in [-0.2, -0.15) is 0 Å². The zero-order valence-electron chi connectivity index (χ0n) is 35.3. The lowest BCUT2D eigenvalue weighted by atomic mass is 9.76. The highest BCUT2D eigenvalue weighted by Gasteiger charge is 2.40. The summed E-state index contributed by atoms with van der Waals surface area (Å²) in [5, 5.41) is 15.5. The van der Waals surface area contributed by atoms with Crippen molar-refractivity contribution in [3.05, 3.63) is 230 Å². The van der Waals surface area contributed by atoms with Crippen LogP contribution >= 0.6 is 0 Å². The van der Waals surface area contributed by atoms with Crippen molar-refractivity contribution in [2.45, 2.75) is 19.3 Å². The molecular formula is C63H42. The molecule has 0 nitrogen and oxygen atoms in total. The Kier molecular flexibility index (Phi) is 7.75. The highest BCUT2D eigenvalue weighted by Crippen LogP contribution is 2.57. The lowest BCUT2D eigenvalue weighted by molar-refractivity contribution is 0.668. The molecule has 0 aromatic heterocycles. The van der Waals surface area contributed by atoms with Crippen LogP contribution in [-0.2, 0) is 5.41 Å². The van der Waals surface area contributed by atoms with Crippen molar-refractivity contribution in [3.63, 3.8) is 0 Å². The summed E-state index contributed by atoms with van der Waals surface area (Å²) in [6.45, 7) is 4.87. The first-order valence-corrected chi connectivity index (χ1v) is 22.2. The molecule has 0 bridgehead atoms. The van der Waals surface area contributed by atoms with Crippen molar-refractivity contribution in [2.75, 3.05) is 0 Å². The first kappa shape index (κ1) is 35.9. The lowest BCUT2D eigenvalue weighted by Crippen LogP contribution is -2.17. The molecule has 0 spiro atoms. The summed E-state index contributed by atoms with van der Waals surface area (Å²) in [6, 6.07) is 81.5. The smallest absolute Gasteiger partial charge is 0.0171 e. The van der Waals surface area contributed by atoms with E-state index in [1.807, 2.05) is 0 Å². The van der Waals surface area contributed by atoms with Gasteiger partial charge in [0.1, 0.15) is 0 Å². The van der Waals surface area contributed by atoms with Crippen molar-refractivity contribution in [1.29, 1.82) is 0 Å². The average Bonchev–Trinajstić information content (AvgIpc) is 3.60. The van der Waals surface area contributed by atoms with E-state index in [0.717, 1.165) is 0 Å². The van der Waals surface area contributed by atoms with Crippen molar-refractivity contribution in [1.82, 2.24) is 0 Å². The summed E-state index contributed by atoms with van der Waals surface area (Å²) in [6.07, 6.45) is 0. The number of rotatable bonds is 4. The molecule has 13 rings (SSSR count). The van der Waals surface area contributed by atoms with Crippen LogP contribution in [0.5, 0.6) is 0 Å². The molecule has 0 radical (unpaired) electrons. The summed E-state index contributed by atoms with van der Waals surface area (Å²) in [7, 11) is 0. The molecule has 12 aromatic rings. The third kappa shape index (κ3) is 5.22. The molecule has 294 valence electrons.